The topological polar surface area (TPSA) is 59.2 Å². The number of hydrogen-bond donors (Lipinski definition) is 1. The summed E-state index contributed by atoms with van der Waals surface area (Å²) in [6, 6.07) is 7.72. The van der Waals surface area contributed by atoms with Crippen LogP contribution in [0.3, 0.4) is 0 Å². The van der Waals surface area contributed by atoms with Gasteiger partial charge in [0.1, 0.15) is 5.82 Å². The Morgan fingerprint density at radius 3 is 2.89 bits per heavy atom. The van der Waals surface area contributed by atoms with Crippen molar-refractivity contribution in [1.82, 2.24) is 9.88 Å². The number of pyridine rings is 1. The van der Waals surface area contributed by atoms with Crippen LogP contribution >= 0.6 is 0 Å². The van der Waals surface area contributed by atoms with Crippen molar-refractivity contribution in [3.05, 3.63) is 59.7 Å². The van der Waals surface area contributed by atoms with Crippen molar-refractivity contribution < 1.29 is 9.18 Å². The lowest BCUT2D eigenvalue weighted by Crippen LogP contribution is -2.27. The molecule has 1 amide bonds. The van der Waals surface area contributed by atoms with Gasteiger partial charge < -0.3 is 10.6 Å². The second kappa shape index (κ2) is 5.48. The first-order chi connectivity index (χ1) is 9.08. The SMILES string of the molecule is CN(Cc1cccc(F)c1)C(=O)c1ccncc1N. The van der Waals surface area contributed by atoms with Gasteiger partial charge in [-0.05, 0) is 23.8 Å². The van der Waals surface area contributed by atoms with Crippen molar-refractivity contribution in [1.29, 1.82) is 0 Å². The highest BCUT2D eigenvalue weighted by Crippen LogP contribution is 2.13. The van der Waals surface area contributed by atoms with Gasteiger partial charge in [0.05, 0.1) is 17.4 Å². The number of aromatic nitrogens is 1. The van der Waals surface area contributed by atoms with Crippen molar-refractivity contribution in [2.75, 3.05) is 12.8 Å². The van der Waals surface area contributed by atoms with Crippen LogP contribution in [0.2, 0.25) is 0 Å². The molecular formula is C14H14FN3O. The van der Waals surface area contributed by atoms with E-state index in [0.717, 1.165) is 5.56 Å². The van der Waals surface area contributed by atoms with Crippen LogP contribution in [-0.2, 0) is 6.54 Å². The van der Waals surface area contributed by atoms with Crippen LogP contribution in [0, 0.1) is 5.82 Å². The Bertz CT molecular complexity index is 601. The number of amides is 1. The summed E-state index contributed by atoms with van der Waals surface area (Å²) < 4.78 is 13.1. The van der Waals surface area contributed by atoms with E-state index in [2.05, 4.69) is 4.98 Å². The minimum atomic E-state index is -0.318. The van der Waals surface area contributed by atoms with Gasteiger partial charge in [0.15, 0.2) is 0 Å². The zero-order valence-corrected chi connectivity index (χ0v) is 10.5. The number of nitrogen functional groups attached to an aromatic ring is 1. The average molecular weight is 259 g/mol. The molecule has 2 N–H and O–H groups in total. The molecule has 0 aliphatic heterocycles. The fourth-order valence-electron chi connectivity index (χ4n) is 1.79. The largest absolute Gasteiger partial charge is 0.397 e. The Morgan fingerprint density at radius 1 is 1.42 bits per heavy atom. The summed E-state index contributed by atoms with van der Waals surface area (Å²) in [5.41, 5.74) is 7.16. The van der Waals surface area contributed by atoms with Gasteiger partial charge in [0.2, 0.25) is 0 Å². The number of nitrogens with zero attached hydrogens (tertiary/aromatic N) is 2. The standard InChI is InChI=1S/C14H14FN3O/c1-18(9-10-3-2-4-11(15)7-10)14(19)12-5-6-17-8-13(12)16/h2-8H,9,16H2,1H3. The molecule has 0 atom stereocenters. The number of rotatable bonds is 3. The summed E-state index contributed by atoms with van der Waals surface area (Å²) in [7, 11) is 1.65. The Balaban J connectivity index is 2.14. The van der Waals surface area contributed by atoms with E-state index < -0.39 is 0 Å². The molecule has 2 rings (SSSR count). The number of hydrogen-bond acceptors (Lipinski definition) is 3. The highest BCUT2D eigenvalue weighted by atomic mass is 19.1. The molecule has 1 aromatic heterocycles. The lowest BCUT2D eigenvalue weighted by Gasteiger charge is -2.18. The molecule has 0 spiro atoms. The molecule has 0 aliphatic rings. The minimum absolute atomic E-state index is 0.218. The van der Waals surface area contributed by atoms with Crippen LogP contribution in [0.4, 0.5) is 10.1 Å². The Hall–Kier alpha value is -2.43. The number of halogens is 1. The fraction of sp³-hybridized carbons (Fsp3) is 0.143. The highest BCUT2D eigenvalue weighted by Gasteiger charge is 2.14. The molecule has 0 aliphatic carbocycles. The van der Waals surface area contributed by atoms with Crippen molar-refractivity contribution >= 4 is 11.6 Å². The van der Waals surface area contributed by atoms with Gasteiger partial charge in [-0.25, -0.2) is 4.39 Å². The van der Waals surface area contributed by atoms with Crippen molar-refractivity contribution in [3.63, 3.8) is 0 Å². The van der Waals surface area contributed by atoms with Crippen LogP contribution in [-0.4, -0.2) is 22.8 Å². The van der Waals surface area contributed by atoms with Gasteiger partial charge in [0.25, 0.3) is 5.91 Å². The molecule has 1 heterocycles. The van der Waals surface area contributed by atoms with Gasteiger partial charge in [0, 0.05) is 19.8 Å². The molecule has 4 nitrogen and oxygen atoms in total. The summed E-state index contributed by atoms with van der Waals surface area (Å²) in [5, 5.41) is 0. The molecule has 2 aromatic rings. The lowest BCUT2D eigenvalue weighted by atomic mass is 10.1. The molecular weight excluding hydrogens is 245 g/mol. The first kappa shape index (κ1) is 13.0. The number of carbonyl (C=O) groups excluding carboxylic acids is 1. The molecule has 0 radical (unpaired) electrons. The van der Waals surface area contributed by atoms with Crippen LogP contribution in [0.1, 0.15) is 15.9 Å². The maximum Gasteiger partial charge on any atom is 0.256 e. The summed E-state index contributed by atoms with van der Waals surface area (Å²) >= 11 is 0. The quantitative estimate of drug-likeness (QED) is 0.918. The van der Waals surface area contributed by atoms with E-state index in [9.17, 15) is 9.18 Å². The predicted octanol–water partition coefficient (Wildman–Crippen LogP) is 2.08. The average Bonchev–Trinajstić information content (AvgIpc) is 2.38. The molecule has 1 aromatic carbocycles. The number of anilines is 1. The van der Waals surface area contributed by atoms with E-state index in [0.29, 0.717) is 17.8 Å². The molecule has 0 bridgehead atoms. The molecule has 98 valence electrons. The molecule has 5 heteroatoms. The van der Waals surface area contributed by atoms with Crippen molar-refractivity contribution in [3.8, 4) is 0 Å². The van der Waals surface area contributed by atoms with E-state index in [1.807, 2.05) is 0 Å². The second-order valence-electron chi connectivity index (χ2n) is 4.25. The van der Waals surface area contributed by atoms with E-state index in [-0.39, 0.29) is 11.7 Å². The monoisotopic (exact) mass is 259 g/mol. The molecule has 0 fully saturated rings. The Kier molecular flexibility index (Phi) is 3.75. The van der Waals surface area contributed by atoms with Crippen LogP contribution < -0.4 is 5.73 Å². The van der Waals surface area contributed by atoms with E-state index in [1.54, 1.807) is 25.2 Å². The molecule has 0 saturated heterocycles. The van der Waals surface area contributed by atoms with Crippen LogP contribution in [0.5, 0.6) is 0 Å². The normalized spacial score (nSPS) is 10.2. The van der Waals surface area contributed by atoms with Gasteiger partial charge in [-0.3, -0.25) is 9.78 Å². The lowest BCUT2D eigenvalue weighted by molar-refractivity contribution is 0.0786. The smallest absolute Gasteiger partial charge is 0.256 e. The van der Waals surface area contributed by atoms with Gasteiger partial charge in [-0.1, -0.05) is 12.1 Å². The highest BCUT2D eigenvalue weighted by molar-refractivity contribution is 5.98. The summed E-state index contributed by atoms with van der Waals surface area (Å²) in [6.45, 7) is 0.318. The van der Waals surface area contributed by atoms with E-state index in [4.69, 9.17) is 5.73 Å². The Morgan fingerprint density at radius 2 is 2.21 bits per heavy atom. The number of carbonyl (C=O) groups is 1. The summed E-state index contributed by atoms with van der Waals surface area (Å²) in [5.74, 6) is -0.536. The van der Waals surface area contributed by atoms with Gasteiger partial charge in [-0.15, -0.1) is 0 Å². The summed E-state index contributed by atoms with van der Waals surface area (Å²) in [4.78, 5) is 17.5. The zero-order chi connectivity index (χ0) is 13.8. The third-order valence-corrected chi connectivity index (χ3v) is 2.74. The van der Waals surface area contributed by atoms with Crippen molar-refractivity contribution in [2.24, 2.45) is 0 Å². The first-order valence-corrected chi connectivity index (χ1v) is 5.77. The molecule has 0 unspecified atom stereocenters. The first-order valence-electron chi connectivity index (χ1n) is 5.77. The molecule has 0 saturated carbocycles. The minimum Gasteiger partial charge on any atom is -0.397 e. The van der Waals surface area contributed by atoms with Crippen LogP contribution in [0.15, 0.2) is 42.7 Å². The maximum atomic E-state index is 13.1. The van der Waals surface area contributed by atoms with Gasteiger partial charge >= 0.3 is 0 Å². The third-order valence-electron chi connectivity index (χ3n) is 2.74. The van der Waals surface area contributed by atoms with Crippen LogP contribution in [0.25, 0.3) is 0 Å². The van der Waals surface area contributed by atoms with Crippen molar-refractivity contribution in [2.45, 2.75) is 6.54 Å². The fourth-order valence-corrected chi connectivity index (χ4v) is 1.79. The maximum absolute atomic E-state index is 13.1. The van der Waals surface area contributed by atoms with E-state index in [1.165, 1.54) is 29.4 Å². The molecule has 19 heavy (non-hydrogen) atoms. The Labute approximate surface area is 110 Å². The van der Waals surface area contributed by atoms with E-state index >= 15 is 0 Å². The summed E-state index contributed by atoms with van der Waals surface area (Å²) in [6.07, 6.45) is 2.95. The van der Waals surface area contributed by atoms with Gasteiger partial charge in [-0.2, -0.15) is 0 Å². The number of nitrogens with two attached hydrogens (primary N) is 1. The zero-order valence-electron chi connectivity index (χ0n) is 10.5. The number of benzene rings is 1. The predicted molar refractivity (Wildman–Crippen MR) is 70.8 cm³/mol. The third kappa shape index (κ3) is 3.07. The second-order valence-corrected chi connectivity index (χ2v) is 4.25.